The molecule has 4 N–H and O–H groups in total. The van der Waals surface area contributed by atoms with E-state index in [0.717, 1.165) is 6.42 Å². The molecule has 1 atom stereocenters. The van der Waals surface area contributed by atoms with E-state index in [1.807, 2.05) is 12.1 Å². The Bertz CT molecular complexity index is 362. The van der Waals surface area contributed by atoms with Crippen LogP contribution in [0.2, 0.25) is 0 Å². The van der Waals surface area contributed by atoms with E-state index < -0.39 is 5.54 Å². The third-order valence-electron chi connectivity index (χ3n) is 3.33. The standard InChI is InChI=1S/C13H19NO3S/c15-7-13(8-16,9-17)14-6-11-5-10-3-1-2-4-12(10)18-11/h1-4,11,14-17H,5-9H2. The van der Waals surface area contributed by atoms with E-state index >= 15 is 0 Å². The maximum Gasteiger partial charge on any atom is 0.0882 e. The first kappa shape index (κ1) is 13.8. The Morgan fingerprint density at radius 3 is 2.44 bits per heavy atom. The zero-order chi connectivity index (χ0) is 13.0. The maximum absolute atomic E-state index is 9.23. The van der Waals surface area contributed by atoms with E-state index in [1.165, 1.54) is 10.5 Å². The first-order valence-corrected chi connectivity index (χ1v) is 6.93. The van der Waals surface area contributed by atoms with Gasteiger partial charge in [0.25, 0.3) is 0 Å². The van der Waals surface area contributed by atoms with Crippen LogP contribution in [0, 0.1) is 0 Å². The zero-order valence-corrected chi connectivity index (χ0v) is 11.0. The minimum absolute atomic E-state index is 0.273. The topological polar surface area (TPSA) is 72.7 Å². The predicted molar refractivity (Wildman–Crippen MR) is 71.8 cm³/mol. The first-order chi connectivity index (χ1) is 8.73. The van der Waals surface area contributed by atoms with Gasteiger partial charge < -0.3 is 20.6 Å². The average molecular weight is 269 g/mol. The summed E-state index contributed by atoms with van der Waals surface area (Å²) in [6, 6.07) is 8.30. The third-order valence-corrected chi connectivity index (χ3v) is 4.65. The van der Waals surface area contributed by atoms with Crippen molar-refractivity contribution < 1.29 is 15.3 Å². The number of hydrogen-bond donors (Lipinski definition) is 4. The normalized spacial score (nSPS) is 18.9. The largest absolute Gasteiger partial charge is 0.394 e. The molecular formula is C13H19NO3S. The smallest absolute Gasteiger partial charge is 0.0882 e. The molecule has 1 unspecified atom stereocenters. The Hall–Kier alpha value is -0.590. The van der Waals surface area contributed by atoms with E-state index in [1.54, 1.807) is 11.8 Å². The highest BCUT2D eigenvalue weighted by Crippen LogP contribution is 2.36. The molecule has 0 bridgehead atoms. The van der Waals surface area contributed by atoms with Gasteiger partial charge in [0.1, 0.15) is 0 Å². The summed E-state index contributed by atoms with van der Waals surface area (Å²) in [7, 11) is 0. The second-order valence-corrected chi connectivity index (χ2v) is 6.03. The lowest BCUT2D eigenvalue weighted by atomic mass is 10.0. The van der Waals surface area contributed by atoms with E-state index in [-0.39, 0.29) is 19.8 Å². The van der Waals surface area contributed by atoms with Crippen LogP contribution < -0.4 is 5.32 Å². The SMILES string of the molecule is OCC(CO)(CO)NCC1Cc2ccccc2S1. The highest BCUT2D eigenvalue weighted by Gasteiger charge is 2.30. The Balaban J connectivity index is 1.90. The maximum atomic E-state index is 9.23. The van der Waals surface area contributed by atoms with Crippen LogP contribution in [0.25, 0.3) is 0 Å². The van der Waals surface area contributed by atoms with Crippen molar-refractivity contribution in [3.8, 4) is 0 Å². The molecule has 5 heteroatoms. The van der Waals surface area contributed by atoms with E-state index in [0.29, 0.717) is 11.8 Å². The molecule has 1 aromatic carbocycles. The molecule has 0 saturated carbocycles. The van der Waals surface area contributed by atoms with Crippen LogP contribution >= 0.6 is 11.8 Å². The summed E-state index contributed by atoms with van der Waals surface area (Å²) in [5.74, 6) is 0. The van der Waals surface area contributed by atoms with E-state index in [4.69, 9.17) is 0 Å². The summed E-state index contributed by atoms with van der Waals surface area (Å²) in [5, 5.41) is 31.2. The van der Waals surface area contributed by atoms with Gasteiger partial charge in [0.15, 0.2) is 0 Å². The second-order valence-electron chi connectivity index (χ2n) is 4.69. The number of aliphatic hydroxyl groups is 3. The number of fused-ring (bicyclic) bond motifs is 1. The van der Waals surface area contributed by atoms with Crippen LogP contribution in [-0.4, -0.2) is 52.5 Å². The van der Waals surface area contributed by atoms with Crippen molar-refractivity contribution >= 4 is 11.8 Å². The van der Waals surface area contributed by atoms with Gasteiger partial charge in [0, 0.05) is 16.7 Å². The van der Waals surface area contributed by atoms with Crippen molar-refractivity contribution in [2.75, 3.05) is 26.4 Å². The number of thioether (sulfide) groups is 1. The minimum Gasteiger partial charge on any atom is -0.394 e. The molecule has 0 amide bonds. The quantitative estimate of drug-likeness (QED) is 0.585. The van der Waals surface area contributed by atoms with Gasteiger partial charge >= 0.3 is 0 Å². The highest BCUT2D eigenvalue weighted by molar-refractivity contribution is 8.00. The van der Waals surface area contributed by atoms with Crippen LogP contribution in [0.4, 0.5) is 0 Å². The monoisotopic (exact) mass is 269 g/mol. The van der Waals surface area contributed by atoms with Crippen LogP contribution in [0.5, 0.6) is 0 Å². The molecule has 18 heavy (non-hydrogen) atoms. The number of benzene rings is 1. The lowest BCUT2D eigenvalue weighted by molar-refractivity contribution is 0.0430. The molecule has 0 aromatic heterocycles. The number of hydrogen-bond acceptors (Lipinski definition) is 5. The zero-order valence-electron chi connectivity index (χ0n) is 10.2. The summed E-state index contributed by atoms with van der Waals surface area (Å²) in [6.07, 6.45) is 0.978. The van der Waals surface area contributed by atoms with Crippen molar-refractivity contribution in [3.63, 3.8) is 0 Å². The van der Waals surface area contributed by atoms with Gasteiger partial charge in [-0.15, -0.1) is 11.8 Å². The minimum atomic E-state index is -0.977. The third kappa shape index (κ3) is 2.87. The Morgan fingerprint density at radius 1 is 1.17 bits per heavy atom. The molecule has 0 radical (unpaired) electrons. The molecule has 1 aliphatic heterocycles. The molecule has 1 aromatic rings. The van der Waals surface area contributed by atoms with Gasteiger partial charge in [0.2, 0.25) is 0 Å². The highest BCUT2D eigenvalue weighted by atomic mass is 32.2. The van der Waals surface area contributed by atoms with Gasteiger partial charge in [-0.05, 0) is 18.1 Å². The fraction of sp³-hybridized carbons (Fsp3) is 0.538. The fourth-order valence-electron chi connectivity index (χ4n) is 2.02. The Labute approximate surface area is 111 Å². The van der Waals surface area contributed by atoms with Gasteiger partial charge in [0.05, 0.1) is 25.4 Å². The molecule has 2 rings (SSSR count). The van der Waals surface area contributed by atoms with E-state index in [2.05, 4.69) is 17.4 Å². The van der Waals surface area contributed by atoms with Gasteiger partial charge in [-0.2, -0.15) is 0 Å². The van der Waals surface area contributed by atoms with Crippen LogP contribution in [-0.2, 0) is 6.42 Å². The van der Waals surface area contributed by atoms with Gasteiger partial charge in [-0.25, -0.2) is 0 Å². The Kier molecular flexibility index (Phi) is 4.64. The Morgan fingerprint density at radius 2 is 1.83 bits per heavy atom. The summed E-state index contributed by atoms with van der Waals surface area (Å²) >= 11 is 1.80. The molecule has 0 aliphatic carbocycles. The molecule has 0 spiro atoms. The molecule has 0 fully saturated rings. The lowest BCUT2D eigenvalue weighted by Crippen LogP contribution is -2.56. The van der Waals surface area contributed by atoms with Crippen molar-refractivity contribution in [1.29, 1.82) is 0 Å². The van der Waals surface area contributed by atoms with Gasteiger partial charge in [-0.3, -0.25) is 0 Å². The molecule has 100 valence electrons. The summed E-state index contributed by atoms with van der Waals surface area (Å²) in [5.41, 5.74) is 0.367. The van der Waals surface area contributed by atoms with Crippen LogP contribution in [0.15, 0.2) is 29.2 Å². The summed E-state index contributed by atoms with van der Waals surface area (Å²) in [6.45, 7) is -0.167. The van der Waals surface area contributed by atoms with Gasteiger partial charge in [-0.1, -0.05) is 18.2 Å². The average Bonchev–Trinajstić information content (AvgIpc) is 2.84. The van der Waals surface area contributed by atoms with Crippen molar-refractivity contribution in [3.05, 3.63) is 29.8 Å². The molecule has 4 nitrogen and oxygen atoms in total. The predicted octanol–water partition coefficient (Wildman–Crippen LogP) is 0.00870. The second kappa shape index (κ2) is 6.04. The summed E-state index contributed by atoms with van der Waals surface area (Å²) < 4.78 is 0. The van der Waals surface area contributed by atoms with Crippen LogP contribution in [0.3, 0.4) is 0 Å². The number of rotatable bonds is 6. The van der Waals surface area contributed by atoms with Crippen molar-refractivity contribution in [2.45, 2.75) is 22.1 Å². The molecular weight excluding hydrogens is 250 g/mol. The van der Waals surface area contributed by atoms with Crippen molar-refractivity contribution in [2.24, 2.45) is 0 Å². The number of aliphatic hydroxyl groups excluding tert-OH is 3. The lowest BCUT2D eigenvalue weighted by Gasteiger charge is -2.30. The molecule has 1 heterocycles. The molecule has 0 saturated heterocycles. The fourth-order valence-corrected chi connectivity index (χ4v) is 3.26. The van der Waals surface area contributed by atoms with E-state index in [9.17, 15) is 15.3 Å². The summed E-state index contributed by atoms with van der Waals surface area (Å²) in [4.78, 5) is 1.30. The molecule has 1 aliphatic rings. The first-order valence-electron chi connectivity index (χ1n) is 6.05. The van der Waals surface area contributed by atoms with Crippen molar-refractivity contribution in [1.82, 2.24) is 5.32 Å². The van der Waals surface area contributed by atoms with Crippen LogP contribution in [0.1, 0.15) is 5.56 Å². The number of nitrogens with one attached hydrogen (secondary N) is 1.